The molecule has 0 fully saturated rings. The first kappa shape index (κ1) is 15.1. The van der Waals surface area contributed by atoms with Crippen LogP contribution >= 0.6 is 27.3 Å². The van der Waals surface area contributed by atoms with E-state index in [9.17, 15) is 0 Å². The second-order valence-corrected chi connectivity index (χ2v) is 6.63. The van der Waals surface area contributed by atoms with Gasteiger partial charge >= 0.3 is 0 Å². The zero-order chi connectivity index (χ0) is 16.7. The van der Waals surface area contributed by atoms with E-state index >= 15 is 0 Å². The fourth-order valence-corrected chi connectivity index (χ4v) is 3.61. The first-order valence-electron chi connectivity index (χ1n) is 6.84. The van der Waals surface area contributed by atoms with Crippen LogP contribution < -0.4 is 9.47 Å². The van der Waals surface area contributed by atoms with Gasteiger partial charge in [0.15, 0.2) is 10.8 Å². The van der Waals surface area contributed by atoms with Crippen molar-refractivity contribution in [2.75, 3.05) is 14.2 Å². The highest BCUT2D eigenvalue weighted by atomic mass is 79.9. The number of fused-ring (bicyclic) bond motifs is 1. The lowest BCUT2D eigenvalue weighted by Crippen LogP contribution is -1.94. The molecule has 1 N–H and O–H groups in total. The number of rotatable bonds is 4. The van der Waals surface area contributed by atoms with Crippen molar-refractivity contribution in [2.45, 2.75) is 0 Å². The Morgan fingerprint density at radius 2 is 1.88 bits per heavy atom. The third-order valence-electron chi connectivity index (χ3n) is 3.41. The molecule has 122 valence electrons. The van der Waals surface area contributed by atoms with Gasteiger partial charge in [-0.05, 0) is 28.1 Å². The van der Waals surface area contributed by atoms with E-state index in [2.05, 4.69) is 41.4 Å². The number of ether oxygens (including phenoxy) is 2. The molecule has 0 bridgehead atoms. The first-order valence-corrected chi connectivity index (χ1v) is 8.45. The molecule has 0 saturated carbocycles. The number of H-pyrrole nitrogens is 1. The van der Waals surface area contributed by atoms with Crippen molar-refractivity contribution in [3.63, 3.8) is 0 Å². The maximum atomic E-state index is 5.31. The first-order chi connectivity index (χ1) is 11.7. The number of aromatic nitrogens is 6. The van der Waals surface area contributed by atoms with Crippen molar-refractivity contribution >= 4 is 32.2 Å². The lowest BCUT2D eigenvalue weighted by Gasteiger charge is -2.06. The molecular formula is C14H11BrN6O2S. The molecule has 0 spiro atoms. The largest absolute Gasteiger partial charge is 0.497 e. The minimum absolute atomic E-state index is 0.611. The Bertz CT molecular complexity index is 1000. The van der Waals surface area contributed by atoms with Crippen LogP contribution in [0, 0.1) is 0 Å². The SMILES string of the molecule is COc1cc(OC)cc(-c2nnc3sc(-c4[nH]ncc4Br)nn23)c1. The van der Waals surface area contributed by atoms with Crippen molar-refractivity contribution in [1.82, 2.24) is 30.0 Å². The van der Waals surface area contributed by atoms with Gasteiger partial charge in [0.2, 0.25) is 4.96 Å². The molecule has 0 unspecified atom stereocenters. The molecule has 0 atom stereocenters. The molecule has 0 amide bonds. The normalized spacial score (nSPS) is 11.1. The van der Waals surface area contributed by atoms with Gasteiger partial charge in [-0.2, -0.15) is 14.7 Å². The average molecular weight is 407 g/mol. The molecular weight excluding hydrogens is 396 g/mol. The van der Waals surface area contributed by atoms with Gasteiger partial charge in [0.1, 0.15) is 17.2 Å². The zero-order valence-corrected chi connectivity index (χ0v) is 15.1. The van der Waals surface area contributed by atoms with E-state index in [1.54, 1.807) is 31.0 Å². The van der Waals surface area contributed by atoms with Gasteiger partial charge in [0.25, 0.3) is 0 Å². The van der Waals surface area contributed by atoms with Crippen LogP contribution in [0.1, 0.15) is 0 Å². The quantitative estimate of drug-likeness (QED) is 0.559. The number of hydrogen-bond donors (Lipinski definition) is 1. The van der Waals surface area contributed by atoms with E-state index in [1.807, 2.05) is 12.1 Å². The summed E-state index contributed by atoms with van der Waals surface area (Å²) in [5, 5.41) is 20.7. The topological polar surface area (TPSA) is 90.2 Å². The molecule has 0 aliphatic heterocycles. The van der Waals surface area contributed by atoms with Crippen molar-refractivity contribution in [2.24, 2.45) is 0 Å². The molecule has 1 aromatic carbocycles. The van der Waals surface area contributed by atoms with Gasteiger partial charge in [0.05, 0.1) is 24.9 Å². The highest BCUT2D eigenvalue weighted by molar-refractivity contribution is 9.10. The molecule has 0 saturated heterocycles. The lowest BCUT2D eigenvalue weighted by atomic mass is 10.2. The molecule has 24 heavy (non-hydrogen) atoms. The summed E-state index contributed by atoms with van der Waals surface area (Å²) in [4.78, 5) is 0.684. The fraction of sp³-hybridized carbons (Fsp3) is 0.143. The highest BCUT2D eigenvalue weighted by Crippen LogP contribution is 2.33. The Kier molecular flexibility index (Phi) is 3.69. The number of methoxy groups -OCH3 is 2. The van der Waals surface area contributed by atoms with Gasteiger partial charge in [-0.25, -0.2) is 0 Å². The van der Waals surface area contributed by atoms with Crippen LogP contribution in [0.4, 0.5) is 0 Å². The molecule has 4 rings (SSSR count). The summed E-state index contributed by atoms with van der Waals surface area (Å²) in [6.07, 6.45) is 1.69. The minimum Gasteiger partial charge on any atom is -0.497 e. The smallest absolute Gasteiger partial charge is 0.235 e. The van der Waals surface area contributed by atoms with E-state index in [4.69, 9.17) is 9.47 Å². The number of benzene rings is 1. The van der Waals surface area contributed by atoms with Crippen LogP contribution in [0.5, 0.6) is 11.5 Å². The summed E-state index contributed by atoms with van der Waals surface area (Å²) in [6, 6.07) is 5.53. The molecule has 3 heterocycles. The summed E-state index contributed by atoms with van der Waals surface area (Å²) in [6.45, 7) is 0. The Balaban J connectivity index is 1.86. The van der Waals surface area contributed by atoms with Crippen molar-refractivity contribution < 1.29 is 9.47 Å². The third kappa shape index (κ3) is 2.43. The monoisotopic (exact) mass is 406 g/mol. The van der Waals surface area contributed by atoms with E-state index in [1.165, 1.54) is 11.3 Å². The molecule has 0 aliphatic carbocycles. The second-order valence-electron chi connectivity index (χ2n) is 4.82. The van der Waals surface area contributed by atoms with Crippen LogP contribution in [0.2, 0.25) is 0 Å². The number of nitrogens with zero attached hydrogens (tertiary/aromatic N) is 5. The van der Waals surface area contributed by atoms with Crippen molar-refractivity contribution in [1.29, 1.82) is 0 Å². The molecule has 4 aromatic rings. The zero-order valence-electron chi connectivity index (χ0n) is 12.6. The maximum absolute atomic E-state index is 5.31. The Morgan fingerprint density at radius 1 is 1.12 bits per heavy atom. The van der Waals surface area contributed by atoms with Crippen LogP contribution in [0.25, 0.3) is 27.1 Å². The summed E-state index contributed by atoms with van der Waals surface area (Å²) in [7, 11) is 3.21. The average Bonchev–Trinajstić information content (AvgIpc) is 3.28. The Hall–Kier alpha value is -2.46. The van der Waals surface area contributed by atoms with E-state index < -0.39 is 0 Å². The van der Waals surface area contributed by atoms with E-state index in [0.717, 1.165) is 20.7 Å². The van der Waals surface area contributed by atoms with Gasteiger partial charge in [-0.15, -0.1) is 10.2 Å². The minimum atomic E-state index is 0.611. The number of aromatic amines is 1. The highest BCUT2D eigenvalue weighted by Gasteiger charge is 2.18. The molecule has 0 aliphatic rings. The third-order valence-corrected chi connectivity index (χ3v) is 4.92. The number of halogens is 1. The van der Waals surface area contributed by atoms with Crippen LogP contribution in [0.15, 0.2) is 28.9 Å². The van der Waals surface area contributed by atoms with Gasteiger partial charge in [0, 0.05) is 11.6 Å². The van der Waals surface area contributed by atoms with Gasteiger partial charge in [-0.3, -0.25) is 5.10 Å². The van der Waals surface area contributed by atoms with Gasteiger partial charge < -0.3 is 9.47 Å². The molecule has 0 radical (unpaired) electrons. The summed E-state index contributed by atoms with van der Waals surface area (Å²) in [5.74, 6) is 1.96. The number of nitrogens with one attached hydrogen (secondary N) is 1. The van der Waals surface area contributed by atoms with Crippen molar-refractivity contribution in [3.05, 3.63) is 28.9 Å². The van der Waals surface area contributed by atoms with E-state index in [0.29, 0.717) is 22.3 Å². The van der Waals surface area contributed by atoms with E-state index in [-0.39, 0.29) is 0 Å². The van der Waals surface area contributed by atoms with Gasteiger partial charge in [-0.1, -0.05) is 11.3 Å². The summed E-state index contributed by atoms with van der Waals surface area (Å²) >= 11 is 4.86. The molecule has 10 heteroatoms. The number of hydrogen-bond acceptors (Lipinski definition) is 7. The second kappa shape index (κ2) is 5.87. The predicted molar refractivity (Wildman–Crippen MR) is 92.5 cm³/mol. The maximum Gasteiger partial charge on any atom is 0.235 e. The molecule has 8 nitrogen and oxygen atoms in total. The Morgan fingerprint density at radius 3 is 2.50 bits per heavy atom. The Labute approximate surface area is 148 Å². The molecule has 3 aromatic heterocycles. The lowest BCUT2D eigenvalue weighted by molar-refractivity contribution is 0.394. The van der Waals surface area contributed by atoms with Crippen LogP contribution in [-0.2, 0) is 0 Å². The van der Waals surface area contributed by atoms with Crippen molar-refractivity contribution in [3.8, 4) is 33.6 Å². The van der Waals surface area contributed by atoms with Crippen LogP contribution in [-0.4, -0.2) is 44.2 Å². The predicted octanol–water partition coefficient (Wildman–Crippen LogP) is 3.02. The summed E-state index contributed by atoms with van der Waals surface area (Å²) in [5.41, 5.74) is 1.61. The van der Waals surface area contributed by atoms with Crippen LogP contribution in [0.3, 0.4) is 0 Å². The standard InChI is InChI=1S/C14H11BrN6O2S/c1-22-8-3-7(4-9(5-8)23-2)12-18-19-14-21(12)20-13(24-14)11-10(15)6-16-17-11/h3-6H,1-2H3,(H,16,17). The summed E-state index contributed by atoms with van der Waals surface area (Å²) < 4.78 is 13.2. The fourth-order valence-electron chi connectivity index (χ4n) is 2.26.